The summed E-state index contributed by atoms with van der Waals surface area (Å²) >= 11 is 7.68. The van der Waals surface area contributed by atoms with E-state index in [2.05, 4.69) is 27.0 Å². The molecule has 0 aliphatic carbocycles. The molecule has 1 unspecified atom stereocenters. The van der Waals surface area contributed by atoms with Gasteiger partial charge in [-0.2, -0.15) is 5.26 Å². The number of nitriles is 1. The van der Waals surface area contributed by atoms with E-state index < -0.39 is 0 Å². The Hall–Kier alpha value is -2.21. The van der Waals surface area contributed by atoms with Crippen molar-refractivity contribution in [1.82, 2.24) is 14.9 Å². The molecule has 0 radical (unpaired) electrons. The molecule has 1 aliphatic rings. The fourth-order valence-electron chi connectivity index (χ4n) is 3.94. The van der Waals surface area contributed by atoms with Crippen molar-refractivity contribution in [3.63, 3.8) is 0 Å². The second-order valence-electron chi connectivity index (χ2n) is 7.37. The molecule has 4 rings (SSSR count). The third-order valence-electron chi connectivity index (χ3n) is 5.50. The summed E-state index contributed by atoms with van der Waals surface area (Å²) in [6.07, 6.45) is 6.17. The fraction of sp³-hybridized carbons (Fsp3) is 0.261. The Balaban J connectivity index is 0.00000193. The topological polar surface area (TPSA) is 76.0 Å². The zero-order valence-corrected chi connectivity index (χ0v) is 21.1. The molecule has 0 spiro atoms. The van der Waals surface area contributed by atoms with Gasteiger partial charge in [0.05, 0.1) is 30.2 Å². The molecule has 0 bridgehead atoms. The number of benzene rings is 2. The van der Waals surface area contributed by atoms with Gasteiger partial charge in [-0.25, -0.2) is 4.98 Å². The second kappa shape index (κ2) is 12.3. The van der Waals surface area contributed by atoms with Crippen molar-refractivity contribution in [2.45, 2.75) is 17.4 Å². The predicted molar refractivity (Wildman–Crippen MR) is 138 cm³/mol. The number of thioether (sulfide) groups is 1. The molecule has 10 heteroatoms. The highest BCUT2D eigenvalue weighted by Gasteiger charge is 2.31. The van der Waals surface area contributed by atoms with Crippen LogP contribution in [0, 0.1) is 11.3 Å². The van der Waals surface area contributed by atoms with Crippen LogP contribution in [-0.4, -0.2) is 46.7 Å². The van der Waals surface area contributed by atoms with Gasteiger partial charge in [-0.3, -0.25) is 9.69 Å². The summed E-state index contributed by atoms with van der Waals surface area (Å²) in [6.45, 7) is 1.63. The average Bonchev–Trinajstić information content (AvgIpc) is 3.31. The lowest BCUT2D eigenvalue weighted by Gasteiger charge is -2.38. The normalized spacial score (nSPS) is 14.7. The molecule has 2 heterocycles. The number of nitrogens with one attached hydrogen (secondary N) is 1. The summed E-state index contributed by atoms with van der Waals surface area (Å²) in [6, 6.07) is 15.5. The lowest BCUT2D eigenvalue weighted by molar-refractivity contribution is -0.122. The zero-order chi connectivity index (χ0) is 21.8. The quantitative estimate of drug-likeness (QED) is 0.452. The fourth-order valence-corrected chi connectivity index (χ4v) is 4.72. The van der Waals surface area contributed by atoms with Crippen LogP contribution in [0.4, 0.5) is 5.69 Å². The maximum atomic E-state index is 13.0. The van der Waals surface area contributed by atoms with Crippen molar-refractivity contribution in [3.8, 4) is 6.07 Å². The molecular formula is C23H24Cl3N5OS. The number of amides is 1. The number of H-pyrrole nitrogens is 1. The third kappa shape index (κ3) is 6.23. The number of carbonyl (C=O) groups is 1. The first-order valence-corrected chi connectivity index (χ1v) is 11.5. The van der Waals surface area contributed by atoms with E-state index in [1.54, 1.807) is 29.1 Å². The number of aromatic nitrogens is 2. The Bertz CT molecular complexity index is 1120. The smallest absolute Gasteiger partial charge is 0.241 e. The van der Waals surface area contributed by atoms with Gasteiger partial charge in [0, 0.05) is 34.9 Å². The van der Waals surface area contributed by atoms with Gasteiger partial charge in [0.2, 0.25) is 5.91 Å². The molecule has 1 fully saturated rings. The van der Waals surface area contributed by atoms with Gasteiger partial charge in [0.15, 0.2) is 0 Å². The van der Waals surface area contributed by atoms with Gasteiger partial charge in [0.25, 0.3) is 0 Å². The molecule has 1 amide bonds. The average molecular weight is 525 g/mol. The summed E-state index contributed by atoms with van der Waals surface area (Å²) in [7, 11) is 0. The minimum absolute atomic E-state index is 0. The van der Waals surface area contributed by atoms with Gasteiger partial charge >= 0.3 is 0 Å². The summed E-state index contributed by atoms with van der Waals surface area (Å²) in [5.74, 6) is 0.0441. The van der Waals surface area contributed by atoms with E-state index in [0.717, 1.165) is 28.4 Å². The Kier molecular flexibility index (Phi) is 10.1. The molecule has 1 saturated heterocycles. The summed E-state index contributed by atoms with van der Waals surface area (Å²) in [5.41, 5.74) is 3.60. The van der Waals surface area contributed by atoms with Crippen molar-refractivity contribution in [2.24, 2.45) is 0 Å². The lowest BCUT2D eigenvalue weighted by Crippen LogP contribution is -2.51. The van der Waals surface area contributed by atoms with Gasteiger partial charge in [0.1, 0.15) is 6.07 Å². The number of rotatable bonds is 6. The number of hydrogen-bond acceptors (Lipinski definition) is 5. The van der Waals surface area contributed by atoms with E-state index in [1.165, 1.54) is 0 Å². The molecule has 0 saturated carbocycles. The number of halogens is 3. The number of anilines is 1. The highest BCUT2D eigenvalue weighted by atomic mass is 35.5. The molecular weight excluding hydrogens is 501 g/mol. The number of piperazine rings is 1. The summed E-state index contributed by atoms with van der Waals surface area (Å²) < 4.78 is 0. The van der Waals surface area contributed by atoms with Gasteiger partial charge < -0.3 is 9.88 Å². The Morgan fingerprint density at radius 1 is 1.24 bits per heavy atom. The second-order valence-corrected chi connectivity index (χ2v) is 8.65. The van der Waals surface area contributed by atoms with Crippen LogP contribution in [-0.2, 0) is 11.2 Å². The van der Waals surface area contributed by atoms with Crippen LogP contribution < -0.4 is 4.90 Å². The molecule has 2 aromatic carbocycles. The van der Waals surface area contributed by atoms with Crippen LogP contribution in [0.3, 0.4) is 0 Å². The molecule has 1 atom stereocenters. The number of hydrogen-bond donors (Lipinski definition) is 1. The predicted octanol–water partition coefficient (Wildman–Crippen LogP) is 5.13. The van der Waals surface area contributed by atoms with Crippen molar-refractivity contribution in [2.75, 3.05) is 30.8 Å². The van der Waals surface area contributed by atoms with Gasteiger partial charge in [-0.05, 0) is 48.6 Å². The molecule has 3 aromatic rings. The number of carbonyl (C=O) groups excluding carboxylic acids is 1. The van der Waals surface area contributed by atoms with Crippen LogP contribution in [0.15, 0.2) is 59.9 Å². The first-order valence-electron chi connectivity index (χ1n) is 9.94. The summed E-state index contributed by atoms with van der Waals surface area (Å²) in [5, 5.41) is 9.93. The Morgan fingerprint density at radius 3 is 2.70 bits per heavy atom. The van der Waals surface area contributed by atoms with Crippen LogP contribution in [0.2, 0.25) is 5.02 Å². The van der Waals surface area contributed by atoms with Gasteiger partial charge in [-0.1, -0.05) is 23.7 Å². The first kappa shape index (κ1) is 27.0. The monoisotopic (exact) mass is 523 g/mol. The molecule has 1 aliphatic heterocycles. The number of nitrogens with zero attached hydrogens (tertiary/aromatic N) is 4. The molecule has 1 aromatic heterocycles. The largest absolute Gasteiger partial charge is 0.347 e. The molecule has 174 valence electrons. The van der Waals surface area contributed by atoms with Crippen LogP contribution in [0.5, 0.6) is 0 Å². The molecule has 33 heavy (non-hydrogen) atoms. The maximum Gasteiger partial charge on any atom is 0.241 e. The SMILES string of the molecule is CSc1cc(CC(c2cnc[nH]2)N2CCN(c3cccc(Cl)c3)C(=O)C2)ccc1C#N.Cl.Cl. The van der Waals surface area contributed by atoms with Crippen molar-refractivity contribution in [3.05, 3.63) is 76.8 Å². The number of imidazole rings is 1. The van der Waals surface area contributed by atoms with Crippen LogP contribution >= 0.6 is 48.2 Å². The highest BCUT2D eigenvalue weighted by molar-refractivity contribution is 7.98. The van der Waals surface area contributed by atoms with E-state index in [-0.39, 0.29) is 36.8 Å². The summed E-state index contributed by atoms with van der Waals surface area (Å²) in [4.78, 5) is 25.4. The van der Waals surface area contributed by atoms with Gasteiger partial charge in [-0.15, -0.1) is 36.6 Å². The first-order chi connectivity index (χ1) is 15.1. The highest BCUT2D eigenvalue weighted by Crippen LogP contribution is 2.29. The van der Waals surface area contributed by atoms with E-state index in [9.17, 15) is 10.1 Å². The Morgan fingerprint density at radius 2 is 2.06 bits per heavy atom. The molecule has 6 nitrogen and oxygen atoms in total. The molecule has 1 N–H and O–H groups in total. The van der Waals surface area contributed by atoms with E-state index in [4.69, 9.17) is 11.6 Å². The third-order valence-corrected chi connectivity index (χ3v) is 6.52. The minimum atomic E-state index is -0.0180. The van der Waals surface area contributed by atoms with Crippen LogP contribution in [0.1, 0.15) is 22.9 Å². The minimum Gasteiger partial charge on any atom is -0.347 e. The van der Waals surface area contributed by atoms with E-state index in [0.29, 0.717) is 30.1 Å². The maximum absolute atomic E-state index is 13.0. The van der Waals surface area contributed by atoms with Crippen molar-refractivity contribution < 1.29 is 4.79 Å². The number of aromatic amines is 1. The van der Waals surface area contributed by atoms with Crippen molar-refractivity contribution in [1.29, 1.82) is 5.26 Å². The van der Waals surface area contributed by atoms with Crippen molar-refractivity contribution >= 4 is 59.8 Å². The van der Waals surface area contributed by atoms with Crippen LogP contribution in [0.25, 0.3) is 0 Å². The lowest BCUT2D eigenvalue weighted by atomic mass is 10.00. The van der Waals surface area contributed by atoms with E-state index in [1.807, 2.05) is 42.8 Å². The zero-order valence-electron chi connectivity index (χ0n) is 17.9. The Labute approximate surface area is 215 Å². The standard InChI is InChI=1S/C23H22ClN5OS.2ClH/c1-31-22-10-16(5-6-17(22)12-25)9-21(20-13-26-15-27-20)28-7-8-29(23(30)14-28)19-4-2-3-18(24)11-19;;/h2-6,10-11,13,15,21H,7-9,14H2,1H3,(H,26,27);2*1H. The van der Waals surface area contributed by atoms with E-state index >= 15 is 0 Å².